The maximum atomic E-state index is 12.7. The number of hydrogen-bond donors (Lipinski definition) is 1. The van der Waals surface area contributed by atoms with Gasteiger partial charge in [-0.05, 0) is 36.6 Å². The average molecular weight is 440 g/mol. The Hall–Kier alpha value is -2.01. The first kappa shape index (κ1) is 19.3. The van der Waals surface area contributed by atoms with Crippen LogP contribution < -0.4 is 10.4 Å². The van der Waals surface area contributed by atoms with Gasteiger partial charge in [-0.2, -0.15) is 5.10 Å². The second-order valence-electron chi connectivity index (χ2n) is 6.57. The van der Waals surface area contributed by atoms with E-state index in [4.69, 9.17) is 11.6 Å². The summed E-state index contributed by atoms with van der Waals surface area (Å²) in [5, 5.41) is 4.44. The third kappa shape index (κ3) is 4.04. The molecule has 4 rings (SSSR count). The van der Waals surface area contributed by atoms with Crippen molar-refractivity contribution in [1.82, 2.24) is 24.1 Å². The molecule has 0 spiro atoms. The standard InChI is InChI=1S/C17H18ClN5O3S2/c18-14-4-6-16(27-14)28(25,26)21-13-3-5-15-20-23(17(24)22(15)9-7-13)11-12-2-1-8-19-10-12/h1-2,4,6,8,10,13,21H,3,5,7,9,11H2. The zero-order valence-electron chi connectivity index (χ0n) is 14.8. The molecule has 11 heteroatoms. The number of hydrogen-bond acceptors (Lipinski definition) is 6. The maximum absolute atomic E-state index is 12.7. The lowest BCUT2D eigenvalue weighted by Crippen LogP contribution is -2.35. The van der Waals surface area contributed by atoms with Crippen LogP contribution in [0.3, 0.4) is 0 Å². The minimum absolute atomic E-state index is 0.188. The number of halogens is 1. The monoisotopic (exact) mass is 439 g/mol. The molecule has 0 aromatic carbocycles. The van der Waals surface area contributed by atoms with Crippen LogP contribution in [0.4, 0.5) is 0 Å². The molecule has 1 N–H and O–H groups in total. The van der Waals surface area contributed by atoms with E-state index in [9.17, 15) is 13.2 Å². The number of sulfonamides is 1. The summed E-state index contributed by atoms with van der Waals surface area (Å²) < 4.78 is 31.4. The minimum Gasteiger partial charge on any atom is -0.279 e. The van der Waals surface area contributed by atoms with E-state index >= 15 is 0 Å². The molecule has 0 fully saturated rings. The molecule has 148 valence electrons. The van der Waals surface area contributed by atoms with E-state index in [0.29, 0.717) is 42.5 Å². The summed E-state index contributed by atoms with van der Waals surface area (Å²) in [4.78, 5) is 16.7. The lowest BCUT2D eigenvalue weighted by atomic mass is 10.1. The van der Waals surface area contributed by atoms with Crippen LogP contribution in [0.15, 0.2) is 45.7 Å². The maximum Gasteiger partial charge on any atom is 0.346 e. The van der Waals surface area contributed by atoms with Crippen LogP contribution in [0.25, 0.3) is 0 Å². The van der Waals surface area contributed by atoms with Crippen molar-refractivity contribution in [2.75, 3.05) is 0 Å². The Bertz CT molecular complexity index is 1140. The largest absolute Gasteiger partial charge is 0.346 e. The van der Waals surface area contributed by atoms with Crippen LogP contribution in [-0.2, 0) is 29.5 Å². The molecule has 1 atom stereocenters. The molecule has 28 heavy (non-hydrogen) atoms. The highest BCUT2D eigenvalue weighted by Gasteiger charge is 2.26. The normalized spacial score (nSPS) is 17.2. The van der Waals surface area contributed by atoms with Gasteiger partial charge in [0.05, 0.1) is 10.9 Å². The topological polar surface area (TPSA) is 98.9 Å². The molecule has 3 aromatic rings. The average Bonchev–Trinajstić information content (AvgIpc) is 3.17. The Balaban J connectivity index is 1.47. The van der Waals surface area contributed by atoms with E-state index in [1.165, 1.54) is 10.7 Å². The molecule has 4 heterocycles. The molecule has 1 aliphatic rings. The summed E-state index contributed by atoms with van der Waals surface area (Å²) in [6.45, 7) is 0.779. The fraction of sp³-hybridized carbons (Fsp3) is 0.353. The second-order valence-corrected chi connectivity index (χ2v) is 10.2. The van der Waals surface area contributed by atoms with Gasteiger partial charge in [0.25, 0.3) is 0 Å². The highest BCUT2D eigenvalue weighted by atomic mass is 35.5. The number of aromatic nitrogens is 4. The smallest absolute Gasteiger partial charge is 0.279 e. The third-order valence-electron chi connectivity index (χ3n) is 4.61. The first-order valence-corrected chi connectivity index (χ1v) is 11.4. The molecule has 1 unspecified atom stereocenters. The summed E-state index contributed by atoms with van der Waals surface area (Å²) >= 11 is 6.87. The van der Waals surface area contributed by atoms with Crippen LogP contribution in [0.1, 0.15) is 24.2 Å². The Morgan fingerprint density at radius 3 is 2.86 bits per heavy atom. The highest BCUT2D eigenvalue weighted by Crippen LogP contribution is 2.26. The van der Waals surface area contributed by atoms with Gasteiger partial charge in [-0.1, -0.05) is 17.7 Å². The number of aryl methyl sites for hydroxylation is 1. The van der Waals surface area contributed by atoms with Crippen molar-refractivity contribution in [3.8, 4) is 0 Å². The van der Waals surface area contributed by atoms with E-state index < -0.39 is 10.0 Å². The van der Waals surface area contributed by atoms with Crippen molar-refractivity contribution < 1.29 is 8.42 Å². The molecule has 8 nitrogen and oxygen atoms in total. The van der Waals surface area contributed by atoms with Crippen LogP contribution in [0.2, 0.25) is 4.34 Å². The number of rotatable bonds is 5. The van der Waals surface area contributed by atoms with Crippen LogP contribution in [0, 0.1) is 0 Å². The van der Waals surface area contributed by atoms with Crippen molar-refractivity contribution in [3.63, 3.8) is 0 Å². The van der Waals surface area contributed by atoms with Gasteiger partial charge in [-0.3, -0.25) is 9.55 Å². The van der Waals surface area contributed by atoms with Gasteiger partial charge in [0.1, 0.15) is 10.0 Å². The molecule has 0 saturated heterocycles. The number of thiophene rings is 1. The third-order valence-corrected chi connectivity index (χ3v) is 7.85. The SMILES string of the molecule is O=c1n(Cc2cccnc2)nc2n1CCC(NS(=O)(=O)c1ccc(Cl)s1)CC2. The van der Waals surface area contributed by atoms with Gasteiger partial charge in [0.2, 0.25) is 10.0 Å². The molecule has 0 aliphatic carbocycles. The van der Waals surface area contributed by atoms with Gasteiger partial charge >= 0.3 is 5.69 Å². The van der Waals surface area contributed by atoms with Gasteiger partial charge in [-0.15, -0.1) is 11.3 Å². The summed E-state index contributed by atoms with van der Waals surface area (Å²) in [5.41, 5.74) is 0.713. The lowest BCUT2D eigenvalue weighted by molar-refractivity contribution is 0.488. The molecule has 3 aromatic heterocycles. The molecule has 1 aliphatic heterocycles. The summed E-state index contributed by atoms with van der Waals surface area (Å²) in [7, 11) is -3.62. The quantitative estimate of drug-likeness (QED) is 0.654. The van der Waals surface area contributed by atoms with Crippen LogP contribution >= 0.6 is 22.9 Å². The van der Waals surface area contributed by atoms with Crippen LogP contribution in [0.5, 0.6) is 0 Å². The lowest BCUT2D eigenvalue weighted by Gasteiger charge is -2.15. The van der Waals surface area contributed by atoms with Crippen molar-refractivity contribution in [1.29, 1.82) is 0 Å². The van der Waals surface area contributed by atoms with E-state index in [1.54, 1.807) is 23.0 Å². The summed E-state index contributed by atoms with van der Waals surface area (Å²) in [5.74, 6) is 0.676. The number of nitrogens with one attached hydrogen (secondary N) is 1. The molecule has 0 amide bonds. The molecule has 0 bridgehead atoms. The van der Waals surface area contributed by atoms with E-state index in [0.717, 1.165) is 16.9 Å². The Kier molecular flexibility index (Phi) is 5.37. The Morgan fingerprint density at radius 2 is 2.14 bits per heavy atom. The number of pyridine rings is 1. The van der Waals surface area contributed by atoms with Crippen molar-refractivity contribution >= 4 is 33.0 Å². The minimum atomic E-state index is -3.62. The van der Waals surface area contributed by atoms with Gasteiger partial charge in [0, 0.05) is 31.4 Å². The fourth-order valence-electron chi connectivity index (χ4n) is 3.23. The van der Waals surface area contributed by atoms with Crippen molar-refractivity contribution in [2.45, 2.75) is 42.6 Å². The van der Waals surface area contributed by atoms with Gasteiger partial charge in [-0.25, -0.2) is 22.6 Å². The van der Waals surface area contributed by atoms with E-state index in [1.807, 2.05) is 12.1 Å². The fourth-order valence-corrected chi connectivity index (χ4v) is 6.04. The van der Waals surface area contributed by atoms with Gasteiger partial charge in [0.15, 0.2) is 0 Å². The van der Waals surface area contributed by atoms with Crippen molar-refractivity contribution in [3.05, 3.63) is 62.9 Å². The first-order chi connectivity index (χ1) is 13.4. The molecular formula is C17H18ClN5O3S2. The summed E-state index contributed by atoms with van der Waals surface area (Å²) in [6, 6.07) is 6.51. The van der Waals surface area contributed by atoms with Crippen LogP contribution in [-0.4, -0.2) is 33.8 Å². The van der Waals surface area contributed by atoms with Crippen molar-refractivity contribution in [2.24, 2.45) is 0 Å². The zero-order chi connectivity index (χ0) is 19.7. The Labute approximate surface area is 170 Å². The number of fused-ring (bicyclic) bond motifs is 1. The second kappa shape index (κ2) is 7.78. The molecule has 0 radical (unpaired) electrons. The number of nitrogens with zero attached hydrogens (tertiary/aromatic N) is 4. The van der Waals surface area contributed by atoms with E-state index in [2.05, 4.69) is 14.8 Å². The summed E-state index contributed by atoms with van der Waals surface area (Å²) in [6.07, 6.45) is 5.00. The predicted molar refractivity (Wildman–Crippen MR) is 106 cm³/mol. The predicted octanol–water partition coefficient (Wildman–Crippen LogP) is 1.89. The molecule has 0 saturated carbocycles. The first-order valence-electron chi connectivity index (χ1n) is 8.75. The van der Waals surface area contributed by atoms with E-state index in [-0.39, 0.29) is 15.9 Å². The highest BCUT2D eigenvalue weighted by molar-refractivity contribution is 7.91. The Morgan fingerprint density at radius 1 is 1.29 bits per heavy atom. The molecular weight excluding hydrogens is 422 g/mol. The zero-order valence-corrected chi connectivity index (χ0v) is 17.2. The van der Waals surface area contributed by atoms with Gasteiger partial charge < -0.3 is 0 Å².